The van der Waals surface area contributed by atoms with E-state index in [2.05, 4.69) is 36.4 Å². The molecule has 0 saturated heterocycles. The molecule has 1 aromatic carbocycles. The molecule has 2 bridgehead atoms. The molecule has 0 heteroatoms. The van der Waals surface area contributed by atoms with Crippen LogP contribution in [0.2, 0.25) is 0 Å². The van der Waals surface area contributed by atoms with E-state index in [1.54, 1.807) is 5.56 Å². The van der Waals surface area contributed by atoms with Gasteiger partial charge in [-0.15, -0.1) is 0 Å². The summed E-state index contributed by atoms with van der Waals surface area (Å²) in [5, 5.41) is 0. The highest BCUT2D eigenvalue weighted by atomic mass is 14.5. The van der Waals surface area contributed by atoms with Crippen LogP contribution in [0, 0.1) is 11.3 Å². The monoisotopic (exact) mass is 210 g/mol. The van der Waals surface area contributed by atoms with E-state index in [4.69, 9.17) is 0 Å². The lowest BCUT2D eigenvalue weighted by Crippen LogP contribution is -2.21. The van der Waals surface area contributed by atoms with Gasteiger partial charge >= 0.3 is 0 Å². The van der Waals surface area contributed by atoms with Crippen molar-refractivity contribution in [2.45, 2.75) is 38.0 Å². The average molecular weight is 210 g/mol. The topological polar surface area (TPSA) is 0 Å². The van der Waals surface area contributed by atoms with Gasteiger partial charge in [0, 0.05) is 5.92 Å². The van der Waals surface area contributed by atoms with Crippen LogP contribution in [-0.4, -0.2) is 0 Å². The minimum absolute atomic E-state index is 0.647. The van der Waals surface area contributed by atoms with E-state index in [1.807, 2.05) is 0 Å². The molecule has 4 rings (SSSR count). The number of benzene rings is 1. The molecule has 1 aromatic rings. The number of allylic oxidation sites excluding steroid dienone is 1. The van der Waals surface area contributed by atoms with Gasteiger partial charge < -0.3 is 0 Å². The van der Waals surface area contributed by atoms with E-state index in [0.717, 1.165) is 11.8 Å². The Kier molecular flexibility index (Phi) is 1.69. The summed E-state index contributed by atoms with van der Waals surface area (Å²) in [6.07, 6.45) is 12.3. The molecular weight excluding hydrogens is 192 g/mol. The molecule has 0 amide bonds. The number of fused-ring (bicyclic) bond motifs is 3. The van der Waals surface area contributed by atoms with Crippen LogP contribution in [-0.2, 0) is 0 Å². The Bertz CT molecular complexity index is 447. The SMILES string of the molecule is C1=CC(C23CCC(CC2)C3)c2ccccc21. The lowest BCUT2D eigenvalue weighted by Gasteiger charge is -2.33. The van der Waals surface area contributed by atoms with Gasteiger partial charge in [0.1, 0.15) is 0 Å². The van der Waals surface area contributed by atoms with Crippen molar-refractivity contribution >= 4 is 6.08 Å². The fourth-order valence-corrected chi connectivity index (χ4v) is 4.46. The third-order valence-corrected chi connectivity index (χ3v) is 5.26. The summed E-state index contributed by atoms with van der Waals surface area (Å²) in [6.45, 7) is 0. The minimum Gasteiger partial charge on any atom is -0.0758 e. The molecule has 3 aliphatic carbocycles. The fraction of sp³-hybridized carbons (Fsp3) is 0.500. The normalized spacial score (nSPS) is 39.2. The number of hydrogen-bond acceptors (Lipinski definition) is 0. The summed E-state index contributed by atoms with van der Waals surface area (Å²) in [6, 6.07) is 8.98. The molecule has 82 valence electrons. The Morgan fingerprint density at radius 1 is 1.06 bits per heavy atom. The summed E-state index contributed by atoms with van der Waals surface area (Å²) < 4.78 is 0. The molecule has 0 aliphatic heterocycles. The highest BCUT2D eigenvalue weighted by Gasteiger charge is 2.50. The largest absolute Gasteiger partial charge is 0.0758 e. The summed E-state index contributed by atoms with van der Waals surface area (Å²) in [7, 11) is 0. The predicted molar refractivity (Wildman–Crippen MR) is 67.2 cm³/mol. The van der Waals surface area contributed by atoms with E-state index in [1.165, 1.54) is 37.7 Å². The van der Waals surface area contributed by atoms with Gasteiger partial charge in [-0.2, -0.15) is 0 Å². The first-order valence-electron chi connectivity index (χ1n) is 6.65. The van der Waals surface area contributed by atoms with Crippen LogP contribution in [0.25, 0.3) is 6.08 Å². The van der Waals surface area contributed by atoms with Crippen LogP contribution in [0.1, 0.15) is 49.1 Å². The number of hydrogen-bond donors (Lipinski definition) is 0. The second-order valence-corrected chi connectivity index (χ2v) is 5.98. The molecule has 0 N–H and O–H groups in total. The molecule has 16 heavy (non-hydrogen) atoms. The molecule has 1 unspecified atom stereocenters. The van der Waals surface area contributed by atoms with E-state index < -0.39 is 0 Å². The van der Waals surface area contributed by atoms with E-state index in [0.29, 0.717) is 5.41 Å². The maximum atomic E-state index is 2.48. The van der Waals surface area contributed by atoms with E-state index >= 15 is 0 Å². The Morgan fingerprint density at radius 2 is 1.88 bits per heavy atom. The fourth-order valence-electron chi connectivity index (χ4n) is 4.46. The Morgan fingerprint density at radius 3 is 2.62 bits per heavy atom. The van der Waals surface area contributed by atoms with Gasteiger partial charge in [-0.1, -0.05) is 36.4 Å². The first kappa shape index (κ1) is 9.04. The van der Waals surface area contributed by atoms with E-state index in [-0.39, 0.29) is 0 Å². The quantitative estimate of drug-likeness (QED) is 0.645. The van der Waals surface area contributed by atoms with Crippen LogP contribution in [0.4, 0.5) is 0 Å². The maximum absolute atomic E-state index is 2.48. The molecule has 2 fully saturated rings. The number of rotatable bonds is 1. The summed E-state index contributed by atoms with van der Waals surface area (Å²) in [4.78, 5) is 0. The molecule has 0 radical (unpaired) electrons. The van der Waals surface area contributed by atoms with Gasteiger partial charge in [0.2, 0.25) is 0 Å². The first-order chi connectivity index (χ1) is 7.87. The minimum atomic E-state index is 0.647. The van der Waals surface area contributed by atoms with Gasteiger partial charge in [0.15, 0.2) is 0 Å². The van der Waals surface area contributed by atoms with Gasteiger partial charge in [-0.25, -0.2) is 0 Å². The molecule has 0 nitrogen and oxygen atoms in total. The Labute approximate surface area is 97.4 Å². The van der Waals surface area contributed by atoms with Gasteiger partial charge in [0.05, 0.1) is 0 Å². The lowest BCUT2D eigenvalue weighted by atomic mass is 9.71. The van der Waals surface area contributed by atoms with Gasteiger partial charge in [-0.3, -0.25) is 0 Å². The second-order valence-electron chi connectivity index (χ2n) is 5.98. The van der Waals surface area contributed by atoms with Crippen LogP contribution in [0.5, 0.6) is 0 Å². The van der Waals surface area contributed by atoms with Crippen molar-refractivity contribution in [2.75, 3.05) is 0 Å². The zero-order valence-electron chi connectivity index (χ0n) is 9.65. The van der Waals surface area contributed by atoms with Crippen molar-refractivity contribution in [3.05, 3.63) is 41.5 Å². The molecule has 1 atom stereocenters. The highest BCUT2D eigenvalue weighted by molar-refractivity contribution is 5.63. The second kappa shape index (κ2) is 3.00. The zero-order valence-corrected chi connectivity index (χ0v) is 9.65. The van der Waals surface area contributed by atoms with Crippen molar-refractivity contribution in [1.82, 2.24) is 0 Å². The van der Waals surface area contributed by atoms with Crippen molar-refractivity contribution in [1.29, 1.82) is 0 Å². The van der Waals surface area contributed by atoms with Gasteiger partial charge in [-0.05, 0) is 54.6 Å². The Balaban J connectivity index is 1.78. The smallest absolute Gasteiger partial charge is 0.00838 e. The van der Waals surface area contributed by atoms with Crippen molar-refractivity contribution < 1.29 is 0 Å². The van der Waals surface area contributed by atoms with Crippen LogP contribution in [0.15, 0.2) is 30.3 Å². The van der Waals surface area contributed by atoms with Crippen molar-refractivity contribution in [2.24, 2.45) is 11.3 Å². The summed E-state index contributed by atoms with van der Waals surface area (Å²) in [5.74, 6) is 1.79. The highest BCUT2D eigenvalue weighted by Crippen LogP contribution is 2.62. The standard InChI is InChI=1S/C16H18/c1-2-4-14-13(3-1)5-6-15(14)16-9-7-12(11-16)8-10-16/h1-6,12,15H,7-11H2. The van der Waals surface area contributed by atoms with Crippen LogP contribution >= 0.6 is 0 Å². The van der Waals surface area contributed by atoms with Gasteiger partial charge in [0.25, 0.3) is 0 Å². The third-order valence-electron chi connectivity index (χ3n) is 5.26. The van der Waals surface area contributed by atoms with Crippen molar-refractivity contribution in [3.8, 4) is 0 Å². The summed E-state index contributed by atoms with van der Waals surface area (Å²) in [5.41, 5.74) is 3.72. The molecular formula is C16H18. The molecule has 0 aromatic heterocycles. The Hall–Kier alpha value is -1.04. The lowest BCUT2D eigenvalue weighted by molar-refractivity contribution is 0.263. The van der Waals surface area contributed by atoms with Crippen LogP contribution < -0.4 is 0 Å². The zero-order chi connectivity index (χ0) is 10.6. The predicted octanol–water partition coefficient (Wildman–Crippen LogP) is 4.38. The molecule has 3 aliphatic rings. The first-order valence-corrected chi connectivity index (χ1v) is 6.65. The maximum Gasteiger partial charge on any atom is 0.00838 e. The molecule has 0 heterocycles. The van der Waals surface area contributed by atoms with Crippen molar-refractivity contribution in [3.63, 3.8) is 0 Å². The summed E-state index contributed by atoms with van der Waals surface area (Å²) >= 11 is 0. The van der Waals surface area contributed by atoms with E-state index in [9.17, 15) is 0 Å². The average Bonchev–Trinajstić information content (AvgIpc) is 3.02. The molecule has 0 spiro atoms. The molecule has 2 saturated carbocycles. The van der Waals surface area contributed by atoms with Crippen LogP contribution in [0.3, 0.4) is 0 Å². The third kappa shape index (κ3) is 1.05.